The van der Waals surface area contributed by atoms with E-state index in [2.05, 4.69) is 43.4 Å². The molecule has 0 saturated heterocycles. The first kappa shape index (κ1) is 18.5. The zero-order valence-electron chi connectivity index (χ0n) is 15.3. The van der Waals surface area contributed by atoms with Crippen molar-refractivity contribution in [3.05, 3.63) is 59.2 Å². The quantitative estimate of drug-likeness (QED) is 0.656. The second kappa shape index (κ2) is 7.38. The highest BCUT2D eigenvalue weighted by Crippen LogP contribution is 2.24. The van der Waals surface area contributed by atoms with Crippen molar-refractivity contribution in [2.75, 3.05) is 7.11 Å². The summed E-state index contributed by atoms with van der Waals surface area (Å²) < 4.78 is 5.00. The van der Waals surface area contributed by atoms with Crippen LogP contribution in [0.25, 0.3) is 0 Å². The number of phenolic OH excluding ortho intramolecular Hbond substituents is 1. The van der Waals surface area contributed by atoms with Gasteiger partial charge in [0, 0.05) is 6.07 Å². The molecule has 0 bridgehead atoms. The van der Waals surface area contributed by atoms with E-state index < -0.39 is 5.91 Å². The Morgan fingerprint density at radius 1 is 1.12 bits per heavy atom. The van der Waals surface area contributed by atoms with E-state index >= 15 is 0 Å². The summed E-state index contributed by atoms with van der Waals surface area (Å²) in [6, 6.07) is 12.6. The summed E-state index contributed by atoms with van der Waals surface area (Å²) in [6.45, 7) is 8.29. The molecule has 0 spiro atoms. The number of carbonyl (C=O) groups is 1. The summed E-state index contributed by atoms with van der Waals surface area (Å²) in [5.74, 6) is -0.155. The molecule has 5 nitrogen and oxygen atoms in total. The molecule has 132 valence electrons. The first-order valence-electron chi connectivity index (χ1n) is 8.05. The largest absolute Gasteiger partial charge is 0.507 e. The van der Waals surface area contributed by atoms with Crippen molar-refractivity contribution < 1.29 is 14.6 Å². The van der Waals surface area contributed by atoms with E-state index in [1.807, 2.05) is 19.1 Å². The highest BCUT2D eigenvalue weighted by atomic mass is 16.5. The average Bonchev–Trinajstić information content (AvgIpc) is 2.58. The summed E-state index contributed by atoms with van der Waals surface area (Å²) in [5.41, 5.74) is 5.53. The van der Waals surface area contributed by atoms with Gasteiger partial charge in [-0.3, -0.25) is 4.79 Å². The zero-order valence-corrected chi connectivity index (χ0v) is 15.3. The molecular weight excluding hydrogens is 316 g/mol. The van der Waals surface area contributed by atoms with Crippen molar-refractivity contribution in [3.8, 4) is 11.5 Å². The molecular formula is C20H24N2O3. The Labute approximate surface area is 148 Å². The van der Waals surface area contributed by atoms with Gasteiger partial charge in [0.2, 0.25) is 0 Å². The minimum absolute atomic E-state index is 0.0870. The molecule has 0 radical (unpaired) electrons. The lowest BCUT2D eigenvalue weighted by molar-refractivity contribution is 0.0952. The van der Waals surface area contributed by atoms with E-state index in [9.17, 15) is 9.90 Å². The number of amides is 1. The number of ether oxygens (including phenoxy) is 1. The molecule has 2 aromatic carbocycles. The van der Waals surface area contributed by atoms with Gasteiger partial charge in [0.15, 0.2) is 0 Å². The smallest absolute Gasteiger partial charge is 0.275 e. The second-order valence-electron chi connectivity index (χ2n) is 6.85. The van der Waals surface area contributed by atoms with Gasteiger partial charge in [0.25, 0.3) is 5.91 Å². The molecule has 0 aliphatic heterocycles. The van der Waals surface area contributed by atoms with E-state index in [0.29, 0.717) is 11.5 Å². The number of hydrazone groups is 1. The predicted octanol–water partition coefficient (Wildman–Crippen LogP) is 3.85. The van der Waals surface area contributed by atoms with Crippen molar-refractivity contribution in [1.82, 2.24) is 5.43 Å². The van der Waals surface area contributed by atoms with Crippen LogP contribution < -0.4 is 10.2 Å². The summed E-state index contributed by atoms with van der Waals surface area (Å²) in [6.07, 6.45) is 0. The van der Waals surface area contributed by atoms with Crippen molar-refractivity contribution >= 4 is 11.6 Å². The standard InChI is InChI=1S/C20H24N2O3/c1-13(14-6-8-15(9-7-14)20(2,3)4)21-22-19(24)17-11-10-16(25-5)12-18(17)23/h6-12,23H,1-5H3,(H,22,24)/b21-13-. The van der Waals surface area contributed by atoms with Gasteiger partial charge in [-0.2, -0.15) is 5.10 Å². The second-order valence-corrected chi connectivity index (χ2v) is 6.85. The summed E-state index contributed by atoms with van der Waals surface area (Å²) in [7, 11) is 1.49. The fourth-order valence-electron chi connectivity index (χ4n) is 2.30. The molecule has 2 rings (SSSR count). The third kappa shape index (κ3) is 4.59. The van der Waals surface area contributed by atoms with Gasteiger partial charge < -0.3 is 9.84 Å². The van der Waals surface area contributed by atoms with Crippen LogP contribution in [-0.4, -0.2) is 23.8 Å². The molecule has 0 unspecified atom stereocenters. The third-order valence-electron chi connectivity index (χ3n) is 3.94. The molecule has 0 aliphatic rings. The maximum absolute atomic E-state index is 12.2. The van der Waals surface area contributed by atoms with E-state index in [4.69, 9.17) is 4.74 Å². The summed E-state index contributed by atoms with van der Waals surface area (Å²) >= 11 is 0. The molecule has 0 atom stereocenters. The van der Waals surface area contributed by atoms with E-state index in [1.165, 1.54) is 24.8 Å². The van der Waals surface area contributed by atoms with Crippen LogP contribution >= 0.6 is 0 Å². The number of nitrogens with one attached hydrogen (secondary N) is 1. The van der Waals surface area contributed by atoms with Gasteiger partial charge in [-0.15, -0.1) is 0 Å². The predicted molar refractivity (Wildman–Crippen MR) is 99.5 cm³/mol. The Morgan fingerprint density at radius 2 is 1.76 bits per heavy atom. The van der Waals surface area contributed by atoms with E-state index in [1.54, 1.807) is 6.07 Å². The molecule has 5 heteroatoms. The van der Waals surface area contributed by atoms with E-state index in [-0.39, 0.29) is 16.7 Å². The minimum atomic E-state index is -0.481. The SMILES string of the molecule is COc1ccc(C(=O)N/N=C(/C)c2ccc(C(C)(C)C)cc2)c(O)c1. The molecule has 0 heterocycles. The van der Waals surface area contributed by atoms with Crippen LogP contribution in [0.4, 0.5) is 0 Å². The highest BCUT2D eigenvalue weighted by molar-refractivity contribution is 6.01. The Kier molecular flexibility index (Phi) is 5.47. The summed E-state index contributed by atoms with van der Waals surface area (Å²) in [5, 5.41) is 14.0. The van der Waals surface area contributed by atoms with Gasteiger partial charge in [-0.05, 0) is 35.6 Å². The number of carbonyl (C=O) groups excluding carboxylic acids is 1. The average molecular weight is 340 g/mol. The van der Waals surface area contributed by atoms with Crippen molar-refractivity contribution in [1.29, 1.82) is 0 Å². The van der Waals surface area contributed by atoms with Gasteiger partial charge in [0.05, 0.1) is 18.4 Å². The molecule has 25 heavy (non-hydrogen) atoms. The fourth-order valence-corrected chi connectivity index (χ4v) is 2.30. The summed E-state index contributed by atoms with van der Waals surface area (Å²) in [4.78, 5) is 12.2. The van der Waals surface area contributed by atoms with Gasteiger partial charge in [-0.25, -0.2) is 5.43 Å². The highest BCUT2D eigenvalue weighted by Gasteiger charge is 2.14. The lowest BCUT2D eigenvalue weighted by atomic mass is 9.86. The number of methoxy groups -OCH3 is 1. The Morgan fingerprint density at radius 3 is 2.28 bits per heavy atom. The normalized spacial score (nSPS) is 12.0. The van der Waals surface area contributed by atoms with Gasteiger partial charge in [0.1, 0.15) is 11.5 Å². The molecule has 0 aromatic heterocycles. The van der Waals surface area contributed by atoms with Crippen molar-refractivity contribution in [3.63, 3.8) is 0 Å². The van der Waals surface area contributed by atoms with Crippen LogP contribution in [0.2, 0.25) is 0 Å². The number of nitrogens with zero attached hydrogens (tertiary/aromatic N) is 1. The Hall–Kier alpha value is -2.82. The Bertz CT molecular complexity index is 788. The third-order valence-corrected chi connectivity index (χ3v) is 3.94. The number of aromatic hydroxyl groups is 1. The van der Waals surface area contributed by atoms with E-state index in [0.717, 1.165) is 5.56 Å². The van der Waals surface area contributed by atoms with Crippen molar-refractivity contribution in [2.24, 2.45) is 5.10 Å². The first-order chi connectivity index (χ1) is 11.7. The first-order valence-corrected chi connectivity index (χ1v) is 8.05. The maximum atomic E-state index is 12.2. The zero-order chi connectivity index (χ0) is 18.6. The Balaban J connectivity index is 2.11. The maximum Gasteiger partial charge on any atom is 0.275 e. The number of benzene rings is 2. The van der Waals surface area contributed by atoms with Crippen LogP contribution in [-0.2, 0) is 5.41 Å². The van der Waals surface area contributed by atoms with Crippen LogP contribution in [0.5, 0.6) is 11.5 Å². The molecule has 1 amide bonds. The molecule has 0 saturated carbocycles. The van der Waals surface area contributed by atoms with Crippen LogP contribution in [0, 0.1) is 0 Å². The minimum Gasteiger partial charge on any atom is -0.507 e. The lowest BCUT2D eigenvalue weighted by Gasteiger charge is -2.19. The van der Waals surface area contributed by atoms with Gasteiger partial charge in [-0.1, -0.05) is 45.0 Å². The molecule has 0 fully saturated rings. The van der Waals surface area contributed by atoms with Crippen LogP contribution in [0.3, 0.4) is 0 Å². The van der Waals surface area contributed by atoms with Crippen LogP contribution in [0.1, 0.15) is 49.2 Å². The number of hydrogen-bond donors (Lipinski definition) is 2. The topological polar surface area (TPSA) is 70.9 Å². The van der Waals surface area contributed by atoms with Crippen LogP contribution in [0.15, 0.2) is 47.6 Å². The number of phenols is 1. The molecule has 2 aromatic rings. The fraction of sp³-hybridized carbons (Fsp3) is 0.300. The molecule has 2 N–H and O–H groups in total. The van der Waals surface area contributed by atoms with Crippen molar-refractivity contribution in [2.45, 2.75) is 33.1 Å². The van der Waals surface area contributed by atoms with Gasteiger partial charge >= 0.3 is 0 Å². The number of rotatable bonds is 4. The molecule has 0 aliphatic carbocycles. The number of hydrogen-bond acceptors (Lipinski definition) is 4. The lowest BCUT2D eigenvalue weighted by Crippen LogP contribution is -2.19. The monoisotopic (exact) mass is 340 g/mol.